The third-order valence-corrected chi connectivity index (χ3v) is 7.23. The van der Waals surface area contributed by atoms with Crippen molar-refractivity contribution in [2.75, 3.05) is 39.3 Å². The molecule has 0 unspecified atom stereocenters. The Morgan fingerprint density at radius 1 is 1.08 bits per heavy atom. The summed E-state index contributed by atoms with van der Waals surface area (Å²) in [6.07, 6.45) is 3.46. The highest BCUT2D eigenvalue weighted by molar-refractivity contribution is 7.89. The van der Waals surface area contributed by atoms with Gasteiger partial charge in [-0.25, -0.2) is 12.8 Å². The largest absolute Gasteiger partial charge is 0.339 e. The van der Waals surface area contributed by atoms with Crippen molar-refractivity contribution in [1.29, 1.82) is 0 Å². The molecule has 0 N–H and O–H groups in total. The molecule has 0 spiro atoms. The third-order valence-electron chi connectivity index (χ3n) is 5.32. The van der Waals surface area contributed by atoms with Crippen LogP contribution in [0.2, 0.25) is 0 Å². The Hall–Kier alpha value is -1.51. The van der Waals surface area contributed by atoms with Crippen LogP contribution in [0.4, 0.5) is 4.39 Å². The molecule has 8 heteroatoms. The van der Waals surface area contributed by atoms with E-state index in [1.54, 1.807) is 4.90 Å². The van der Waals surface area contributed by atoms with Crippen LogP contribution >= 0.6 is 0 Å². The SMILES string of the molecule is C[C@H]1CCCCN1CC(=O)N1CCN(S(=O)(=O)c2ccc(F)cc2)CC1. The Kier molecular flexibility index (Phi) is 5.94. The highest BCUT2D eigenvalue weighted by Gasteiger charge is 2.31. The van der Waals surface area contributed by atoms with Gasteiger partial charge in [-0.2, -0.15) is 4.31 Å². The van der Waals surface area contributed by atoms with Gasteiger partial charge in [0, 0.05) is 32.2 Å². The Morgan fingerprint density at radius 3 is 2.35 bits per heavy atom. The highest BCUT2D eigenvalue weighted by Crippen LogP contribution is 2.19. The lowest BCUT2D eigenvalue weighted by Crippen LogP contribution is -2.53. The number of hydrogen-bond acceptors (Lipinski definition) is 4. The van der Waals surface area contributed by atoms with E-state index in [-0.39, 0.29) is 23.9 Å². The van der Waals surface area contributed by atoms with E-state index in [0.717, 1.165) is 31.5 Å². The predicted molar refractivity (Wildman–Crippen MR) is 96.6 cm³/mol. The minimum Gasteiger partial charge on any atom is -0.339 e. The van der Waals surface area contributed by atoms with Crippen molar-refractivity contribution in [3.05, 3.63) is 30.1 Å². The molecule has 26 heavy (non-hydrogen) atoms. The highest BCUT2D eigenvalue weighted by atomic mass is 32.2. The molecule has 1 amide bonds. The summed E-state index contributed by atoms with van der Waals surface area (Å²) in [6.45, 7) is 4.82. The van der Waals surface area contributed by atoms with E-state index in [1.165, 1.54) is 22.9 Å². The normalized spacial score (nSPS) is 23.2. The summed E-state index contributed by atoms with van der Waals surface area (Å²) < 4.78 is 39.6. The van der Waals surface area contributed by atoms with Gasteiger partial charge >= 0.3 is 0 Å². The zero-order chi connectivity index (χ0) is 18.7. The number of piperazine rings is 1. The molecule has 2 heterocycles. The smallest absolute Gasteiger partial charge is 0.243 e. The standard InChI is InChI=1S/C18H26FN3O3S/c1-15-4-2-3-9-21(15)14-18(23)20-10-12-22(13-11-20)26(24,25)17-7-5-16(19)6-8-17/h5-8,15H,2-4,9-14H2,1H3/t15-/m0/s1. The molecule has 0 aromatic heterocycles. The molecule has 0 bridgehead atoms. The summed E-state index contributed by atoms with van der Waals surface area (Å²) in [6, 6.07) is 5.27. The maximum absolute atomic E-state index is 13.0. The van der Waals surface area contributed by atoms with Crippen molar-refractivity contribution in [1.82, 2.24) is 14.1 Å². The second-order valence-electron chi connectivity index (χ2n) is 7.05. The molecule has 0 aliphatic carbocycles. The lowest BCUT2D eigenvalue weighted by Gasteiger charge is -2.37. The van der Waals surface area contributed by atoms with Gasteiger partial charge in [0.25, 0.3) is 0 Å². The number of rotatable bonds is 4. The zero-order valence-electron chi connectivity index (χ0n) is 15.1. The molecule has 2 fully saturated rings. The summed E-state index contributed by atoms with van der Waals surface area (Å²) in [5.41, 5.74) is 0. The van der Waals surface area contributed by atoms with Gasteiger partial charge in [-0.05, 0) is 50.6 Å². The van der Waals surface area contributed by atoms with Crippen LogP contribution in [0.25, 0.3) is 0 Å². The van der Waals surface area contributed by atoms with Crippen molar-refractivity contribution < 1.29 is 17.6 Å². The number of nitrogens with zero attached hydrogens (tertiary/aromatic N) is 3. The number of carbonyl (C=O) groups is 1. The number of halogens is 1. The second kappa shape index (κ2) is 8.02. The van der Waals surface area contributed by atoms with E-state index in [2.05, 4.69) is 11.8 Å². The van der Waals surface area contributed by atoms with E-state index < -0.39 is 15.8 Å². The summed E-state index contributed by atoms with van der Waals surface area (Å²) in [7, 11) is -3.65. The lowest BCUT2D eigenvalue weighted by atomic mass is 10.0. The van der Waals surface area contributed by atoms with E-state index in [9.17, 15) is 17.6 Å². The van der Waals surface area contributed by atoms with Crippen LogP contribution in [0, 0.1) is 5.82 Å². The molecule has 3 rings (SSSR count). The average Bonchev–Trinajstić information content (AvgIpc) is 2.64. The van der Waals surface area contributed by atoms with Gasteiger partial charge in [0.1, 0.15) is 5.82 Å². The number of carbonyl (C=O) groups excluding carboxylic acids is 1. The number of sulfonamides is 1. The number of likely N-dealkylation sites (tertiary alicyclic amines) is 1. The van der Waals surface area contributed by atoms with E-state index in [1.807, 2.05) is 0 Å². The average molecular weight is 383 g/mol. The first-order chi connectivity index (χ1) is 12.4. The number of piperidine rings is 1. The van der Waals surface area contributed by atoms with Crippen molar-refractivity contribution in [3.63, 3.8) is 0 Å². The molecule has 1 atom stereocenters. The van der Waals surface area contributed by atoms with Crippen LogP contribution in [-0.2, 0) is 14.8 Å². The first-order valence-corrected chi connectivity index (χ1v) is 10.6. The van der Waals surface area contributed by atoms with Crippen LogP contribution in [0.1, 0.15) is 26.2 Å². The van der Waals surface area contributed by atoms with E-state index >= 15 is 0 Å². The Bertz CT molecular complexity index is 731. The van der Waals surface area contributed by atoms with Gasteiger partial charge in [0.15, 0.2) is 0 Å². The topological polar surface area (TPSA) is 60.9 Å². The van der Waals surface area contributed by atoms with Crippen LogP contribution in [0.15, 0.2) is 29.2 Å². The summed E-state index contributed by atoms with van der Waals surface area (Å²) in [5.74, 6) is -0.399. The fourth-order valence-electron chi connectivity index (χ4n) is 3.60. The van der Waals surface area contributed by atoms with E-state index in [4.69, 9.17) is 0 Å². The monoisotopic (exact) mass is 383 g/mol. The van der Waals surface area contributed by atoms with Gasteiger partial charge in [0.2, 0.25) is 15.9 Å². The summed E-state index contributed by atoms with van der Waals surface area (Å²) in [4.78, 5) is 16.6. The zero-order valence-corrected chi connectivity index (χ0v) is 15.9. The van der Waals surface area contributed by atoms with Gasteiger partial charge < -0.3 is 4.90 Å². The maximum Gasteiger partial charge on any atom is 0.243 e. The van der Waals surface area contributed by atoms with Gasteiger partial charge in [-0.15, -0.1) is 0 Å². The predicted octanol–water partition coefficient (Wildman–Crippen LogP) is 1.53. The fraction of sp³-hybridized carbons (Fsp3) is 0.611. The molecule has 2 aliphatic rings. The minimum atomic E-state index is -3.65. The van der Waals surface area contributed by atoms with E-state index in [0.29, 0.717) is 25.7 Å². The molecule has 2 aliphatic heterocycles. The minimum absolute atomic E-state index is 0.0672. The second-order valence-corrected chi connectivity index (χ2v) is 8.99. The first-order valence-electron chi connectivity index (χ1n) is 9.15. The van der Waals surface area contributed by atoms with Crippen LogP contribution < -0.4 is 0 Å². The first kappa shape index (κ1) is 19.3. The molecule has 1 aromatic rings. The van der Waals surface area contributed by atoms with Crippen LogP contribution in [-0.4, -0.2) is 73.7 Å². The van der Waals surface area contributed by atoms with Crippen LogP contribution in [0.5, 0.6) is 0 Å². The Morgan fingerprint density at radius 2 is 1.73 bits per heavy atom. The Labute approximate surface area is 154 Å². The Balaban J connectivity index is 1.56. The number of amides is 1. The molecule has 6 nitrogen and oxygen atoms in total. The molecule has 2 saturated heterocycles. The van der Waals surface area contributed by atoms with Crippen molar-refractivity contribution in [2.45, 2.75) is 37.1 Å². The number of benzene rings is 1. The fourth-order valence-corrected chi connectivity index (χ4v) is 5.02. The van der Waals surface area contributed by atoms with Crippen molar-refractivity contribution >= 4 is 15.9 Å². The molecule has 1 aromatic carbocycles. The van der Waals surface area contributed by atoms with Crippen molar-refractivity contribution in [2.24, 2.45) is 0 Å². The van der Waals surface area contributed by atoms with Crippen molar-refractivity contribution in [3.8, 4) is 0 Å². The summed E-state index contributed by atoms with van der Waals surface area (Å²) >= 11 is 0. The maximum atomic E-state index is 13.0. The molecule has 0 saturated carbocycles. The van der Waals surface area contributed by atoms with Gasteiger partial charge in [-0.1, -0.05) is 6.42 Å². The molecular weight excluding hydrogens is 357 g/mol. The third kappa shape index (κ3) is 4.24. The molecule has 144 valence electrons. The lowest BCUT2D eigenvalue weighted by molar-refractivity contribution is -0.134. The van der Waals surface area contributed by atoms with Crippen LogP contribution in [0.3, 0.4) is 0 Å². The van der Waals surface area contributed by atoms with Gasteiger partial charge in [-0.3, -0.25) is 9.69 Å². The van der Waals surface area contributed by atoms with Gasteiger partial charge in [0.05, 0.1) is 11.4 Å². The quantitative estimate of drug-likeness (QED) is 0.791. The molecule has 0 radical (unpaired) electrons. The summed E-state index contributed by atoms with van der Waals surface area (Å²) in [5, 5.41) is 0. The molecular formula is C18H26FN3O3S. The number of hydrogen-bond donors (Lipinski definition) is 0.